The van der Waals surface area contributed by atoms with Gasteiger partial charge in [0.15, 0.2) is 10.3 Å². The number of benzene rings is 1. The number of carbonyl (C=O) groups excluding carboxylic acids is 2. The molecule has 0 bridgehead atoms. The maximum absolute atomic E-state index is 12.5. The Bertz CT molecular complexity index is 1180. The highest BCUT2D eigenvalue weighted by molar-refractivity contribution is 7.22. The maximum Gasteiger partial charge on any atom is 0.267 e. The van der Waals surface area contributed by atoms with Gasteiger partial charge >= 0.3 is 0 Å². The quantitative estimate of drug-likeness (QED) is 0.474. The van der Waals surface area contributed by atoms with Crippen molar-refractivity contribution < 1.29 is 9.59 Å². The van der Waals surface area contributed by atoms with E-state index in [1.807, 2.05) is 35.7 Å². The van der Waals surface area contributed by atoms with Gasteiger partial charge in [-0.05, 0) is 23.6 Å². The van der Waals surface area contributed by atoms with Crippen LogP contribution in [0, 0.1) is 0 Å². The summed E-state index contributed by atoms with van der Waals surface area (Å²) in [7, 11) is 0. The summed E-state index contributed by atoms with van der Waals surface area (Å²) in [5.74, 6) is -0.212. The van der Waals surface area contributed by atoms with Gasteiger partial charge < -0.3 is 5.32 Å². The highest BCUT2D eigenvalue weighted by Gasteiger charge is 2.23. The zero-order chi connectivity index (χ0) is 20.5. The molecule has 4 aromatic rings. The number of nitrogens with zero attached hydrogens (tertiary/aromatic N) is 3. The minimum atomic E-state index is -0.136. The second kappa shape index (κ2) is 8.23. The van der Waals surface area contributed by atoms with Crippen LogP contribution in [0.1, 0.15) is 20.2 Å². The molecule has 0 unspecified atom stereocenters. The number of amides is 2. The maximum atomic E-state index is 12.5. The van der Waals surface area contributed by atoms with E-state index in [-0.39, 0.29) is 11.8 Å². The number of nitrogens with one attached hydrogen (secondary N) is 2. The van der Waals surface area contributed by atoms with Gasteiger partial charge in [-0.1, -0.05) is 29.5 Å². The third-order valence-corrected chi connectivity index (χ3v) is 7.50. The zero-order valence-corrected chi connectivity index (χ0v) is 18.2. The Kier molecular flexibility index (Phi) is 5.30. The molecule has 0 aliphatic carbocycles. The third-order valence-electron chi connectivity index (χ3n) is 4.68. The van der Waals surface area contributed by atoms with Gasteiger partial charge in [0.2, 0.25) is 5.91 Å². The highest BCUT2D eigenvalue weighted by atomic mass is 32.1. The lowest BCUT2D eigenvalue weighted by molar-refractivity contribution is -0.117. The van der Waals surface area contributed by atoms with E-state index >= 15 is 0 Å². The second-order valence-electron chi connectivity index (χ2n) is 6.82. The summed E-state index contributed by atoms with van der Waals surface area (Å²) in [6, 6.07) is 11.5. The molecule has 0 atom stereocenters. The van der Waals surface area contributed by atoms with Gasteiger partial charge in [0.25, 0.3) is 5.91 Å². The predicted octanol–water partition coefficient (Wildman–Crippen LogP) is 4.06. The van der Waals surface area contributed by atoms with Gasteiger partial charge in [-0.3, -0.25) is 19.8 Å². The molecule has 0 saturated carbocycles. The average Bonchev–Trinajstić information content (AvgIpc) is 3.46. The van der Waals surface area contributed by atoms with Crippen molar-refractivity contribution in [2.75, 3.05) is 23.7 Å². The number of thiazole rings is 2. The van der Waals surface area contributed by atoms with Crippen molar-refractivity contribution in [3.05, 3.63) is 57.2 Å². The summed E-state index contributed by atoms with van der Waals surface area (Å²) in [5, 5.41) is 8.89. The van der Waals surface area contributed by atoms with Crippen LogP contribution >= 0.6 is 34.0 Å². The molecule has 5 rings (SSSR count). The second-order valence-corrected chi connectivity index (χ2v) is 9.88. The van der Waals surface area contributed by atoms with E-state index in [9.17, 15) is 9.59 Å². The van der Waals surface area contributed by atoms with E-state index in [1.54, 1.807) is 6.07 Å². The van der Waals surface area contributed by atoms with E-state index in [1.165, 1.54) is 34.0 Å². The number of fused-ring (bicyclic) bond motifs is 2. The topological polar surface area (TPSA) is 87.2 Å². The molecular weight excluding hydrogens is 438 g/mol. The summed E-state index contributed by atoms with van der Waals surface area (Å²) in [6.07, 6.45) is 0.759. The van der Waals surface area contributed by atoms with Crippen LogP contribution in [0.4, 0.5) is 10.3 Å². The monoisotopic (exact) mass is 455 g/mol. The number of anilines is 2. The van der Waals surface area contributed by atoms with Crippen molar-refractivity contribution in [3.63, 3.8) is 0 Å². The van der Waals surface area contributed by atoms with E-state index in [0.717, 1.165) is 33.8 Å². The van der Waals surface area contributed by atoms with Crippen LogP contribution in [0.15, 0.2) is 41.8 Å². The van der Waals surface area contributed by atoms with E-state index in [4.69, 9.17) is 0 Å². The lowest BCUT2D eigenvalue weighted by Crippen LogP contribution is -2.36. The van der Waals surface area contributed by atoms with E-state index < -0.39 is 0 Å². The molecule has 2 amide bonds. The predicted molar refractivity (Wildman–Crippen MR) is 122 cm³/mol. The molecule has 152 valence electrons. The molecule has 0 radical (unpaired) electrons. The van der Waals surface area contributed by atoms with Crippen LogP contribution in [-0.2, 0) is 17.8 Å². The van der Waals surface area contributed by atoms with Crippen LogP contribution in [0.2, 0.25) is 0 Å². The van der Waals surface area contributed by atoms with Crippen molar-refractivity contribution in [1.82, 2.24) is 14.9 Å². The molecule has 4 heterocycles. The third kappa shape index (κ3) is 4.12. The molecule has 1 aliphatic heterocycles. The summed E-state index contributed by atoms with van der Waals surface area (Å²) < 4.78 is 1.05. The number of thiophene rings is 1. The first-order valence-electron chi connectivity index (χ1n) is 9.35. The number of para-hydroxylation sites is 1. The molecule has 30 heavy (non-hydrogen) atoms. The van der Waals surface area contributed by atoms with Gasteiger partial charge in [0.1, 0.15) is 0 Å². The summed E-state index contributed by atoms with van der Waals surface area (Å²) in [6.45, 7) is 1.70. The molecular formula is C20H17N5O2S3. The normalized spacial score (nSPS) is 13.9. The Labute approximate surface area is 184 Å². The first-order chi connectivity index (χ1) is 14.6. The number of hydrogen-bond acceptors (Lipinski definition) is 8. The molecule has 1 aliphatic rings. The molecule has 0 fully saturated rings. The van der Waals surface area contributed by atoms with Crippen molar-refractivity contribution in [2.24, 2.45) is 0 Å². The van der Waals surface area contributed by atoms with E-state index in [0.29, 0.717) is 28.2 Å². The molecule has 1 aromatic carbocycles. The summed E-state index contributed by atoms with van der Waals surface area (Å²) in [5.41, 5.74) is 1.89. The van der Waals surface area contributed by atoms with Crippen molar-refractivity contribution in [1.29, 1.82) is 0 Å². The Morgan fingerprint density at radius 3 is 2.73 bits per heavy atom. The first kappa shape index (κ1) is 19.3. The van der Waals surface area contributed by atoms with Crippen molar-refractivity contribution >= 4 is 66.3 Å². The Balaban J connectivity index is 1.19. The van der Waals surface area contributed by atoms with Gasteiger partial charge in [-0.25, -0.2) is 9.97 Å². The molecule has 0 spiro atoms. The van der Waals surface area contributed by atoms with Crippen LogP contribution in [0.25, 0.3) is 10.2 Å². The van der Waals surface area contributed by atoms with Crippen LogP contribution in [0.5, 0.6) is 0 Å². The molecule has 0 saturated heterocycles. The van der Waals surface area contributed by atoms with Gasteiger partial charge in [-0.15, -0.1) is 22.7 Å². The number of hydrogen-bond donors (Lipinski definition) is 2. The fourth-order valence-electron chi connectivity index (χ4n) is 3.29. The smallest absolute Gasteiger partial charge is 0.267 e. The minimum absolute atomic E-state index is 0.0757. The first-order valence-corrected chi connectivity index (χ1v) is 11.9. The number of rotatable bonds is 5. The largest absolute Gasteiger partial charge is 0.301 e. The van der Waals surface area contributed by atoms with Crippen LogP contribution in [-0.4, -0.2) is 39.8 Å². The van der Waals surface area contributed by atoms with Gasteiger partial charge in [0.05, 0.1) is 27.3 Å². The molecule has 2 N–H and O–H groups in total. The lowest BCUT2D eigenvalue weighted by atomic mass is 10.2. The van der Waals surface area contributed by atoms with Crippen LogP contribution in [0.3, 0.4) is 0 Å². The average molecular weight is 456 g/mol. The SMILES string of the molecule is O=C(CN1CCc2nc(NC(=O)c3cccs3)sc2C1)Nc1nc2ccccc2s1. The fourth-order valence-corrected chi connectivity index (χ4v) is 5.84. The van der Waals surface area contributed by atoms with Crippen molar-refractivity contribution in [2.45, 2.75) is 13.0 Å². The Hall–Kier alpha value is -2.66. The molecule has 3 aromatic heterocycles. The Morgan fingerprint density at radius 2 is 1.90 bits per heavy atom. The number of aromatic nitrogens is 2. The fraction of sp³-hybridized carbons (Fsp3) is 0.200. The van der Waals surface area contributed by atoms with Gasteiger partial charge in [-0.2, -0.15) is 0 Å². The van der Waals surface area contributed by atoms with E-state index in [2.05, 4.69) is 25.5 Å². The van der Waals surface area contributed by atoms with Crippen LogP contribution < -0.4 is 10.6 Å². The van der Waals surface area contributed by atoms with Crippen molar-refractivity contribution in [3.8, 4) is 0 Å². The molecule has 10 heteroatoms. The highest BCUT2D eigenvalue weighted by Crippen LogP contribution is 2.29. The standard InChI is InChI=1S/C20H17N5O2S3/c26-17(23-19-21-12-4-1-2-5-14(12)29-19)11-25-8-7-13-16(10-25)30-20(22-13)24-18(27)15-6-3-9-28-15/h1-6,9H,7-8,10-11H2,(H,21,23,26)(H,22,24,27). The molecule has 7 nitrogen and oxygen atoms in total. The Morgan fingerprint density at radius 1 is 1.03 bits per heavy atom. The summed E-state index contributed by atoms with van der Waals surface area (Å²) in [4.78, 5) is 37.6. The summed E-state index contributed by atoms with van der Waals surface area (Å²) >= 11 is 4.35. The zero-order valence-electron chi connectivity index (χ0n) is 15.8. The van der Waals surface area contributed by atoms with Gasteiger partial charge in [0, 0.05) is 24.4 Å². The minimum Gasteiger partial charge on any atom is -0.301 e. The number of carbonyl (C=O) groups is 2. The lowest BCUT2D eigenvalue weighted by Gasteiger charge is -2.24.